The van der Waals surface area contributed by atoms with Gasteiger partial charge in [0.2, 0.25) is 0 Å². The molecule has 1 aromatic carbocycles. The first-order valence-corrected chi connectivity index (χ1v) is 6.91. The number of nitrogens with two attached hydrogens (primary N) is 1. The lowest BCUT2D eigenvalue weighted by Gasteiger charge is -2.33. The van der Waals surface area contributed by atoms with Crippen LogP contribution in [0.1, 0.15) is 43.0 Å². The van der Waals surface area contributed by atoms with Gasteiger partial charge >= 0.3 is 0 Å². The summed E-state index contributed by atoms with van der Waals surface area (Å²) in [6.45, 7) is 2.19. The van der Waals surface area contributed by atoms with Crippen molar-refractivity contribution < 1.29 is 13.6 Å². The van der Waals surface area contributed by atoms with Gasteiger partial charge in [0, 0.05) is 13.1 Å². The fourth-order valence-electron chi connectivity index (χ4n) is 2.75. The fourth-order valence-corrected chi connectivity index (χ4v) is 2.75. The van der Waals surface area contributed by atoms with E-state index in [0.29, 0.717) is 5.92 Å². The maximum Gasteiger partial charge on any atom is 0.257 e. The summed E-state index contributed by atoms with van der Waals surface area (Å²) in [6.07, 6.45) is 3.90. The van der Waals surface area contributed by atoms with Crippen molar-refractivity contribution in [1.29, 1.82) is 0 Å². The van der Waals surface area contributed by atoms with Gasteiger partial charge in [-0.2, -0.15) is 0 Å². The van der Waals surface area contributed by atoms with Crippen LogP contribution in [0.5, 0.6) is 0 Å². The predicted molar refractivity (Wildman–Crippen MR) is 74.3 cm³/mol. The van der Waals surface area contributed by atoms with E-state index >= 15 is 0 Å². The van der Waals surface area contributed by atoms with Crippen LogP contribution in [-0.4, -0.2) is 23.9 Å². The number of hydrogen-bond acceptors (Lipinski definition) is 2. The molecule has 1 aliphatic carbocycles. The first-order chi connectivity index (χ1) is 9.40. The van der Waals surface area contributed by atoms with Crippen LogP contribution in [0.3, 0.4) is 0 Å². The van der Waals surface area contributed by atoms with Gasteiger partial charge in [0.1, 0.15) is 5.82 Å². The highest BCUT2D eigenvalue weighted by Crippen LogP contribution is 2.28. The predicted octanol–water partition coefficient (Wildman–Crippen LogP) is 3.20. The molecule has 1 aromatic rings. The van der Waals surface area contributed by atoms with E-state index in [1.165, 1.54) is 4.90 Å². The third-order valence-electron chi connectivity index (χ3n) is 4.15. The Labute approximate surface area is 117 Å². The molecule has 20 heavy (non-hydrogen) atoms. The molecule has 0 unspecified atom stereocenters. The fraction of sp³-hybridized carbons (Fsp3) is 0.533. The minimum atomic E-state index is -0.840. The Balaban J connectivity index is 2.19. The summed E-state index contributed by atoms with van der Waals surface area (Å²) in [5.41, 5.74) is 4.75. The Morgan fingerprint density at radius 3 is 2.45 bits per heavy atom. The molecule has 0 saturated heterocycles. The Morgan fingerprint density at radius 1 is 1.25 bits per heavy atom. The molecule has 110 valence electrons. The minimum Gasteiger partial charge on any atom is -0.396 e. The molecule has 3 nitrogen and oxygen atoms in total. The maximum absolute atomic E-state index is 13.9. The SMILES string of the molecule is CC1CCC(N(C)C(=O)c2cc(F)cc(N)c2F)CC1. The van der Waals surface area contributed by atoms with Crippen molar-refractivity contribution in [3.63, 3.8) is 0 Å². The standard InChI is InChI=1S/C15H20F2N2O/c1-9-3-5-11(6-4-9)19(2)15(20)12-7-10(16)8-13(18)14(12)17/h7-9,11H,3-6,18H2,1-2H3. The third-order valence-corrected chi connectivity index (χ3v) is 4.15. The lowest BCUT2D eigenvalue weighted by Crippen LogP contribution is -2.39. The molecule has 0 aliphatic heterocycles. The van der Waals surface area contributed by atoms with Gasteiger partial charge in [0.15, 0.2) is 5.82 Å². The number of amides is 1. The van der Waals surface area contributed by atoms with Gasteiger partial charge in [-0.25, -0.2) is 8.78 Å². The van der Waals surface area contributed by atoms with Crippen LogP contribution in [0.15, 0.2) is 12.1 Å². The van der Waals surface area contributed by atoms with E-state index in [1.807, 2.05) is 0 Å². The Kier molecular flexibility index (Phi) is 4.26. The Bertz CT molecular complexity index is 511. The van der Waals surface area contributed by atoms with Crippen LogP contribution in [0.4, 0.5) is 14.5 Å². The summed E-state index contributed by atoms with van der Waals surface area (Å²) >= 11 is 0. The van der Waals surface area contributed by atoms with Crippen LogP contribution in [0, 0.1) is 17.6 Å². The van der Waals surface area contributed by atoms with Crippen molar-refractivity contribution in [1.82, 2.24) is 4.90 Å². The maximum atomic E-state index is 13.9. The lowest BCUT2D eigenvalue weighted by atomic mass is 9.86. The molecule has 0 radical (unpaired) electrons. The zero-order chi connectivity index (χ0) is 14.9. The van der Waals surface area contributed by atoms with Gasteiger partial charge < -0.3 is 10.6 Å². The van der Waals surface area contributed by atoms with Gasteiger partial charge in [-0.15, -0.1) is 0 Å². The smallest absolute Gasteiger partial charge is 0.257 e. The molecule has 0 heterocycles. The second kappa shape index (κ2) is 5.77. The third kappa shape index (κ3) is 2.92. The number of benzene rings is 1. The van der Waals surface area contributed by atoms with Crippen molar-refractivity contribution in [2.24, 2.45) is 5.92 Å². The van der Waals surface area contributed by atoms with Gasteiger partial charge in [-0.05, 0) is 43.7 Å². The summed E-state index contributed by atoms with van der Waals surface area (Å²) in [5.74, 6) is -1.38. The minimum absolute atomic E-state index is 0.0857. The van der Waals surface area contributed by atoms with Crippen molar-refractivity contribution in [2.45, 2.75) is 38.6 Å². The van der Waals surface area contributed by atoms with Crippen LogP contribution in [0.2, 0.25) is 0 Å². The number of carbonyl (C=O) groups is 1. The van der Waals surface area contributed by atoms with Crippen LogP contribution in [-0.2, 0) is 0 Å². The first kappa shape index (κ1) is 14.8. The van der Waals surface area contributed by atoms with Crippen molar-refractivity contribution in [3.05, 3.63) is 29.3 Å². The number of carbonyl (C=O) groups excluding carboxylic acids is 1. The highest BCUT2D eigenvalue weighted by molar-refractivity contribution is 5.95. The van der Waals surface area contributed by atoms with Gasteiger partial charge in [-0.1, -0.05) is 6.92 Å². The highest BCUT2D eigenvalue weighted by Gasteiger charge is 2.27. The molecule has 0 bridgehead atoms. The number of nitrogens with zero attached hydrogens (tertiary/aromatic N) is 1. The summed E-state index contributed by atoms with van der Waals surface area (Å²) in [4.78, 5) is 13.8. The molecular weight excluding hydrogens is 262 g/mol. The van der Waals surface area contributed by atoms with E-state index in [9.17, 15) is 13.6 Å². The largest absolute Gasteiger partial charge is 0.396 e. The van der Waals surface area contributed by atoms with Crippen molar-refractivity contribution in [3.8, 4) is 0 Å². The van der Waals surface area contributed by atoms with E-state index in [1.54, 1.807) is 7.05 Å². The van der Waals surface area contributed by atoms with E-state index in [2.05, 4.69) is 6.92 Å². The molecule has 0 spiro atoms. The first-order valence-electron chi connectivity index (χ1n) is 6.91. The molecular formula is C15H20F2N2O. The molecule has 1 saturated carbocycles. The zero-order valence-electron chi connectivity index (χ0n) is 11.8. The average molecular weight is 282 g/mol. The number of nitrogen functional groups attached to an aromatic ring is 1. The lowest BCUT2D eigenvalue weighted by molar-refractivity contribution is 0.0674. The number of anilines is 1. The van der Waals surface area contributed by atoms with E-state index < -0.39 is 17.5 Å². The van der Waals surface area contributed by atoms with E-state index in [-0.39, 0.29) is 17.3 Å². The van der Waals surface area contributed by atoms with Gasteiger partial charge in [0.25, 0.3) is 5.91 Å². The normalized spacial score (nSPS) is 22.6. The molecule has 1 amide bonds. The molecule has 1 aliphatic rings. The van der Waals surface area contributed by atoms with Crippen LogP contribution >= 0.6 is 0 Å². The van der Waals surface area contributed by atoms with Crippen LogP contribution in [0.25, 0.3) is 0 Å². The molecule has 0 atom stereocenters. The molecule has 2 rings (SSSR count). The van der Waals surface area contributed by atoms with Crippen LogP contribution < -0.4 is 5.73 Å². The van der Waals surface area contributed by atoms with E-state index in [0.717, 1.165) is 37.8 Å². The zero-order valence-corrected chi connectivity index (χ0v) is 11.8. The second-order valence-corrected chi connectivity index (χ2v) is 5.69. The average Bonchev–Trinajstić information content (AvgIpc) is 2.42. The second-order valence-electron chi connectivity index (χ2n) is 5.69. The van der Waals surface area contributed by atoms with Gasteiger partial charge in [-0.3, -0.25) is 4.79 Å². The summed E-state index contributed by atoms with van der Waals surface area (Å²) < 4.78 is 27.2. The Hall–Kier alpha value is -1.65. The molecule has 5 heteroatoms. The van der Waals surface area contributed by atoms with Crippen molar-refractivity contribution >= 4 is 11.6 Å². The van der Waals surface area contributed by atoms with Crippen molar-refractivity contribution in [2.75, 3.05) is 12.8 Å². The topological polar surface area (TPSA) is 46.3 Å². The number of hydrogen-bond donors (Lipinski definition) is 1. The molecule has 1 fully saturated rings. The molecule has 0 aromatic heterocycles. The Morgan fingerprint density at radius 2 is 1.85 bits per heavy atom. The molecule has 2 N–H and O–H groups in total. The summed E-state index contributed by atoms with van der Waals surface area (Å²) in [6, 6.07) is 1.88. The van der Waals surface area contributed by atoms with Gasteiger partial charge in [0.05, 0.1) is 11.3 Å². The van der Waals surface area contributed by atoms with E-state index in [4.69, 9.17) is 5.73 Å². The number of halogens is 2. The monoisotopic (exact) mass is 282 g/mol. The summed E-state index contributed by atoms with van der Waals surface area (Å²) in [7, 11) is 1.64. The summed E-state index contributed by atoms with van der Waals surface area (Å²) in [5, 5.41) is 0. The number of rotatable bonds is 2. The highest BCUT2D eigenvalue weighted by atomic mass is 19.1. The quantitative estimate of drug-likeness (QED) is 0.847.